The first kappa shape index (κ1) is 15.5. The summed E-state index contributed by atoms with van der Waals surface area (Å²) in [6.45, 7) is 0. The lowest BCUT2D eigenvalue weighted by molar-refractivity contribution is -0.384. The first-order valence-electron chi connectivity index (χ1n) is 5.92. The third-order valence-electron chi connectivity index (χ3n) is 2.59. The molecule has 0 atom stereocenters. The molecular weight excluding hydrogens is 314 g/mol. The maximum atomic E-state index is 10.8. The summed E-state index contributed by atoms with van der Waals surface area (Å²) in [7, 11) is 1.21. The Hall–Kier alpha value is -2.87. The third-order valence-corrected chi connectivity index (χ3v) is 2.90. The fourth-order valence-electron chi connectivity index (χ4n) is 1.58. The van der Waals surface area contributed by atoms with E-state index in [-0.39, 0.29) is 10.7 Å². The molecule has 0 aliphatic heterocycles. The fourth-order valence-corrected chi connectivity index (χ4v) is 1.85. The van der Waals surface area contributed by atoms with E-state index in [1.54, 1.807) is 12.1 Å². The molecule has 0 aliphatic carbocycles. The van der Waals surface area contributed by atoms with E-state index in [9.17, 15) is 14.9 Å². The van der Waals surface area contributed by atoms with Gasteiger partial charge in [0.15, 0.2) is 0 Å². The Labute approximate surface area is 129 Å². The van der Waals surface area contributed by atoms with Crippen LogP contribution in [0, 0.1) is 10.1 Å². The quantitative estimate of drug-likeness (QED) is 0.528. The number of rotatable bonds is 4. The highest BCUT2D eigenvalue weighted by Crippen LogP contribution is 2.31. The molecule has 1 aromatic heterocycles. The van der Waals surface area contributed by atoms with Crippen molar-refractivity contribution in [1.29, 1.82) is 0 Å². The zero-order valence-corrected chi connectivity index (χ0v) is 12.0. The molecule has 114 valence electrons. The highest BCUT2D eigenvalue weighted by molar-refractivity contribution is 6.33. The number of carbonyl (C=O) groups excluding carboxylic acids is 1. The van der Waals surface area contributed by atoms with E-state index in [2.05, 4.69) is 15.3 Å². The van der Waals surface area contributed by atoms with Gasteiger partial charge < -0.3 is 9.15 Å². The summed E-state index contributed by atoms with van der Waals surface area (Å²) in [5.74, 6) is 0.778. The molecule has 0 aliphatic rings. The summed E-state index contributed by atoms with van der Waals surface area (Å²) in [4.78, 5) is 20.9. The summed E-state index contributed by atoms with van der Waals surface area (Å²) >= 11 is 6.01. The number of amides is 1. The lowest BCUT2D eigenvalue weighted by Crippen LogP contribution is -2.16. The van der Waals surface area contributed by atoms with Crippen LogP contribution in [0.25, 0.3) is 11.3 Å². The average Bonchev–Trinajstić information content (AvgIpc) is 2.95. The number of nitrogens with zero attached hydrogens (tertiary/aromatic N) is 2. The molecule has 0 radical (unpaired) electrons. The van der Waals surface area contributed by atoms with E-state index in [0.29, 0.717) is 17.1 Å². The van der Waals surface area contributed by atoms with Crippen LogP contribution in [0.15, 0.2) is 39.9 Å². The molecular formula is C13H10ClN3O5. The number of benzene rings is 1. The normalized spacial score (nSPS) is 10.6. The van der Waals surface area contributed by atoms with Crippen LogP contribution in [0.3, 0.4) is 0 Å². The fraction of sp³-hybridized carbons (Fsp3) is 0.0769. The molecule has 9 heteroatoms. The maximum absolute atomic E-state index is 10.8. The van der Waals surface area contributed by atoms with Crippen molar-refractivity contribution >= 4 is 29.6 Å². The highest BCUT2D eigenvalue weighted by Gasteiger charge is 2.13. The predicted molar refractivity (Wildman–Crippen MR) is 78.9 cm³/mol. The van der Waals surface area contributed by atoms with Gasteiger partial charge in [0.2, 0.25) is 0 Å². The van der Waals surface area contributed by atoms with Crippen LogP contribution in [0.1, 0.15) is 5.76 Å². The number of nitro benzene ring substituents is 1. The zero-order chi connectivity index (χ0) is 16.1. The van der Waals surface area contributed by atoms with E-state index in [4.69, 9.17) is 16.0 Å². The summed E-state index contributed by atoms with van der Waals surface area (Å²) < 4.78 is 9.81. The smallest absolute Gasteiger partial charge is 0.427 e. The van der Waals surface area contributed by atoms with Crippen LogP contribution in [-0.4, -0.2) is 24.3 Å². The lowest BCUT2D eigenvalue weighted by Gasteiger charge is -2.00. The Morgan fingerprint density at radius 3 is 2.86 bits per heavy atom. The van der Waals surface area contributed by atoms with Crippen molar-refractivity contribution < 1.29 is 18.9 Å². The lowest BCUT2D eigenvalue weighted by atomic mass is 10.1. The molecule has 1 heterocycles. The molecule has 2 rings (SSSR count). The Morgan fingerprint density at radius 2 is 2.23 bits per heavy atom. The molecule has 0 bridgehead atoms. The summed E-state index contributed by atoms with van der Waals surface area (Å²) in [5, 5.41) is 14.5. The van der Waals surface area contributed by atoms with E-state index >= 15 is 0 Å². The van der Waals surface area contributed by atoms with Gasteiger partial charge in [-0.05, 0) is 18.2 Å². The molecule has 22 heavy (non-hydrogen) atoms. The topological polar surface area (TPSA) is 107 Å². The summed E-state index contributed by atoms with van der Waals surface area (Å²) in [6.07, 6.45) is 0.570. The first-order chi connectivity index (χ1) is 10.5. The number of ether oxygens (including phenoxy) is 1. The number of halogens is 1. The third kappa shape index (κ3) is 3.61. The number of methoxy groups -OCH3 is 1. The molecule has 0 spiro atoms. The maximum Gasteiger partial charge on any atom is 0.427 e. The van der Waals surface area contributed by atoms with Gasteiger partial charge in [-0.2, -0.15) is 5.10 Å². The zero-order valence-electron chi connectivity index (χ0n) is 11.3. The molecule has 8 nitrogen and oxygen atoms in total. The number of hydrogen-bond acceptors (Lipinski definition) is 6. The summed E-state index contributed by atoms with van der Waals surface area (Å²) in [6, 6.07) is 7.30. The average molecular weight is 324 g/mol. The minimum Gasteiger partial charge on any atom is -0.455 e. The molecule has 0 unspecified atom stereocenters. The van der Waals surface area contributed by atoms with Crippen molar-refractivity contribution in [1.82, 2.24) is 5.43 Å². The van der Waals surface area contributed by atoms with E-state index in [1.165, 1.54) is 31.5 Å². The van der Waals surface area contributed by atoms with Crippen LogP contribution >= 0.6 is 11.6 Å². The largest absolute Gasteiger partial charge is 0.455 e. The van der Waals surface area contributed by atoms with Gasteiger partial charge in [-0.25, -0.2) is 10.2 Å². The number of nitro groups is 1. The minimum absolute atomic E-state index is 0.107. The van der Waals surface area contributed by atoms with Crippen molar-refractivity contribution in [3.63, 3.8) is 0 Å². The van der Waals surface area contributed by atoms with Gasteiger partial charge in [-0.3, -0.25) is 10.1 Å². The molecule has 0 saturated carbocycles. The molecule has 1 aromatic carbocycles. The first-order valence-corrected chi connectivity index (χ1v) is 6.30. The van der Waals surface area contributed by atoms with Gasteiger partial charge in [-0.15, -0.1) is 0 Å². The van der Waals surface area contributed by atoms with Crippen molar-refractivity contribution in [2.75, 3.05) is 7.11 Å². The number of furan rings is 1. The highest BCUT2D eigenvalue weighted by atomic mass is 35.5. The van der Waals surface area contributed by atoms with Crippen molar-refractivity contribution in [3.8, 4) is 11.3 Å². The Morgan fingerprint density at radius 1 is 1.45 bits per heavy atom. The number of nitrogens with one attached hydrogen (secondary N) is 1. The second kappa shape index (κ2) is 6.72. The SMILES string of the molecule is COC(=O)NN=Cc1ccc(-c2ccc([N+](=O)[O-])cc2Cl)o1. The van der Waals surface area contributed by atoms with Crippen LogP contribution in [0.2, 0.25) is 5.02 Å². The molecule has 0 saturated heterocycles. The van der Waals surface area contributed by atoms with Crippen molar-refractivity contribution in [3.05, 3.63) is 51.2 Å². The van der Waals surface area contributed by atoms with E-state index in [1.807, 2.05) is 0 Å². The number of non-ortho nitro benzene ring substituents is 1. The van der Waals surface area contributed by atoms with Crippen LogP contribution in [0.5, 0.6) is 0 Å². The van der Waals surface area contributed by atoms with Gasteiger partial charge in [0.25, 0.3) is 5.69 Å². The molecule has 2 aromatic rings. The second-order valence-electron chi connectivity index (χ2n) is 3.98. The van der Waals surface area contributed by atoms with Crippen LogP contribution in [-0.2, 0) is 4.74 Å². The number of hydrogen-bond donors (Lipinski definition) is 1. The van der Waals surface area contributed by atoms with Crippen LogP contribution in [0.4, 0.5) is 10.5 Å². The van der Waals surface area contributed by atoms with Gasteiger partial charge in [0.1, 0.15) is 11.5 Å². The van der Waals surface area contributed by atoms with Gasteiger partial charge in [0, 0.05) is 17.7 Å². The number of carbonyl (C=O) groups is 1. The van der Waals surface area contributed by atoms with Gasteiger partial charge in [0.05, 0.1) is 23.3 Å². The van der Waals surface area contributed by atoms with Crippen molar-refractivity contribution in [2.24, 2.45) is 5.10 Å². The van der Waals surface area contributed by atoms with Gasteiger partial charge >= 0.3 is 6.09 Å². The Kier molecular flexibility index (Phi) is 4.74. The van der Waals surface area contributed by atoms with E-state index < -0.39 is 11.0 Å². The Bertz CT molecular complexity index is 741. The Balaban J connectivity index is 2.18. The second-order valence-corrected chi connectivity index (χ2v) is 4.39. The standard InChI is InChI=1S/C13H10ClN3O5/c1-21-13(18)16-15-7-9-3-5-12(22-9)10-4-2-8(17(19)20)6-11(10)14/h2-7H,1H3,(H,16,18). The predicted octanol–water partition coefficient (Wildman–Crippen LogP) is 3.20. The van der Waals surface area contributed by atoms with Crippen molar-refractivity contribution in [2.45, 2.75) is 0 Å². The monoisotopic (exact) mass is 323 g/mol. The molecule has 0 fully saturated rings. The molecule has 1 N–H and O–H groups in total. The minimum atomic E-state index is -0.707. The van der Waals surface area contributed by atoms with E-state index in [0.717, 1.165) is 0 Å². The molecule has 1 amide bonds. The summed E-state index contributed by atoms with van der Waals surface area (Å²) in [5.41, 5.74) is 2.51. The number of hydrazone groups is 1. The van der Waals surface area contributed by atoms with Gasteiger partial charge in [-0.1, -0.05) is 11.6 Å². The van der Waals surface area contributed by atoms with Crippen LogP contribution < -0.4 is 5.43 Å².